The number of carboxylic acid groups (broad SMARTS) is 1. The molecule has 0 aromatic carbocycles. The standard InChI is InChI=1S/C9H20N2O2/c1-7(2)5-11(4)6-9(3,10)8(12)13/h7H,5-6,10H2,1-4H3,(H,12,13). The monoisotopic (exact) mass is 188 g/mol. The average molecular weight is 188 g/mol. The number of rotatable bonds is 5. The zero-order valence-electron chi connectivity index (χ0n) is 8.87. The molecule has 0 saturated heterocycles. The van der Waals surface area contributed by atoms with Crippen LogP contribution in [0.3, 0.4) is 0 Å². The van der Waals surface area contributed by atoms with Gasteiger partial charge in [-0.2, -0.15) is 0 Å². The molecule has 0 bridgehead atoms. The summed E-state index contributed by atoms with van der Waals surface area (Å²) in [5.74, 6) is -0.433. The summed E-state index contributed by atoms with van der Waals surface area (Å²) in [6, 6.07) is 0. The highest BCUT2D eigenvalue weighted by Crippen LogP contribution is 2.04. The maximum Gasteiger partial charge on any atom is 0.324 e. The van der Waals surface area contributed by atoms with Crippen LogP contribution in [0.1, 0.15) is 20.8 Å². The fraction of sp³-hybridized carbons (Fsp3) is 0.889. The second-order valence-corrected chi connectivity index (χ2v) is 4.31. The van der Waals surface area contributed by atoms with Gasteiger partial charge in [0.2, 0.25) is 0 Å². The fourth-order valence-electron chi connectivity index (χ4n) is 1.32. The number of nitrogens with two attached hydrogens (primary N) is 1. The minimum Gasteiger partial charge on any atom is -0.480 e. The Morgan fingerprint density at radius 3 is 2.38 bits per heavy atom. The van der Waals surface area contributed by atoms with E-state index < -0.39 is 11.5 Å². The maximum atomic E-state index is 10.7. The molecule has 4 heteroatoms. The number of carboxylic acids is 1. The quantitative estimate of drug-likeness (QED) is 0.654. The van der Waals surface area contributed by atoms with Gasteiger partial charge in [0, 0.05) is 13.1 Å². The Kier molecular flexibility index (Phi) is 4.36. The van der Waals surface area contributed by atoms with Crippen molar-refractivity contribution >= 4 is 5.97 Å². The molecule has 0 aromatic rings. The molecule has 13 heavy (non-hydrogen) atoms. The summed E-state index contributed by atoms with van der Waals surface area (Å²) in [4.78, 5) is 12.6. The Bertz CT molecular complexity index is 178. The Morgan fingerprint density at radius 2 is 2.08 bits per heavy atom. The zero-order chi connectivity index (χ0) is 10.6. The van der Waals surface area contributed by atoms with Crippen LogP contribution in [0.25, 0.3) is 0 Å². The van der Waals surface area contributed by atoms with Crippen LogP contribution in [0.2, 0.25) is 0 Å². The molecule has 3 N–H and O–H groups in total. The first-order valence-electron chi connectivity index (χ1n) is 4.46. The van der Waals surface area contributed by atoms with Crippen LogP contribution >= 0.6 is 0 Å². The van der Waals surface area contributed by atoms with Crippen molar-refractivity contribution in [2.24, 2.45) is 11.7 Å². The van der Waals surface area contributed by atoms with Gasteiger partial charge in [-0.15, -0.1) is 0 Å². The molecule has 0 rings (SSSR count). The highest BCUT2D eigenvalue weighted by Gasteiger charge is 2.29. The Labute approximate surface area is 79.7 Å². The molecule has 78 valence electrons. The fourth-order valence-corrected chi connectivity index (χ4v) is 1.32. The van der Waals surface area contributed by atoms with E-state index in [1.54, 1.807) is 0 Å². The second-order valence-electron chi connectivity index (χ2n) is 4.31. The van der Waals surface area contributed by atoms with E-state index in [1.165, 1.54) is 6.92 Å². The Balaban J connectivity index is 4.04. The van der Waals surface area contributed by atoms with Crippen molar-refractivity contribution in [2.75, 3.05) is 20.1 Å². The van der Waals surface area contributed by atoms with Gasteiger partial charge in [-0.25, -0.2) is 0 Å². The number of aliphatic carboxylic acids is 1. The molecule has 0 fully saturated rings. The van der Waals surface area contributed by atoms with Crippen molar-refractivity contribution in [1.82, 2.24) is 4.90 Å². The van der Waals surface area contributed by atoms with Gasteiger partial charge in [0.15, 0.2) is 0 Å². The van der Waals surface area contributed by atoms with E-state index in [2.05, 4.69) is 13.8 Å². The molecular weight excluding hydrogens is 168 g/mol. The molecule has 0 aromatic heterocycles. The summed E-state index contributed by atoms with van der Waals surface area (Å²) >= 11 is 0. The first kappa shape index (κ1) is 12.4. The van der Waals surface area contributed by atoms with Gasteiger partial charge in [-0.05, 0) is 19.9 Å². The molecule has 0 heterocycles. The number of hydrogen-bond acceptors (Lipinski definition) is 3. The van der Waals surface area contributed by atoms with Crippen molar-refractivity contribution in [2.45, 2.75) is 26.3 Å². The lowest BCUT2D eigenvalue weighted by Crippen LogP contribution is -2.53. The first-order valence-corrected chi connectivity index (χ1v) is 4.46. The first-order chi connectivity index (χ1) is 5.75. The van der Waals surface area contributed by atoms with Gasteiger partial charge in [-0.3, -0.25) is 4.79 Å². The molecule has 4 nitrogen and oxygen atoms in total. The average Bonchev–Trinajstić information content (AvgIpc) is 1.82. The number of likely N-dealkylation sites (N-methyl/N-ethyl adjacent to an activating group) is 1. The SMILES string of the molecule is CC(C)CN(C)CC(C)(N)C(=O)O. The van der Waals surface area contributed by atoms with E-state index in [4.69, 9.17) is 10.8 Å². The van der Waals surface area contributed by atoms with E-state index in [9.17, 15) is 4.79 Å². The third kappa shape index (κ3) is 4.85. The molecule has 0 aliphatic carbocycles. The number of nitrogens with zero attached hydrogens (tertiary/aromatic N) is 1. The topological polar surface area (TPSA) is 66.6 Å². The van der Waals surface area contributed by atoms with E-state index in [1.807, 2.05) is 11.9 Å². The smallest absolute Gasteiger partial charge is 0.324 e. The number of hydrogen-bond donors (Lipinski definition) is 2. The molecule has 0 radical (unpaired) electrons. The van der Waals surface area contributed by atoms with Crippen LogP contribution in [-0.4, -0.2) is 41.7 Å². The van der Waals surface area contributed by atoms with Crippen LogP contribution in [0, 0.1) is 5.92 Å². The summed E-state index contributed by atoms with van der Waals surface area (Å²) < 4.78 is 0. The lowest BCUT2D eigenvalue weighted by Gasteiger charge is -2.27. The Morgan fingerprint density at radius 1 is 1.62 bits per heavy atom. The maximum absolute atomic E-state index is 10.7. The molecule has 0 aliphatic heterocycles. The summed E-state index contributed by atoms with van der Waals surface area (Å²) in [5.41, 5.74) is 4.45. The molecular formula is C9H20N2O2. The van der Waals surface area contributed by atoms with Gasteiger partial charge in [0.25, 0.3) is 0 Å². The highest BCUT2D eigenvalue weighted by molar-refractivity contribution is 5.78. The summed E-state index contributed by atoms with van der Waals surface area (Å²) in [7, 11) is 1.88. The van der Waals surface area contributed by atoms with Gasteiger partial charge in [0.05, 0.1) is 0 Å². The zero-order valence-corrected chi connectivity index (χ0v) is 8.87. The van der Waals surface area contributed by atoms with Crippen molar-refractivity contribution in [1.29, 1.82) is 0 Å². The molecule has 1 atom stereocenters. The Hall–Kier alpha value is -0.610. The minimum absolute atomic E-state index is 0.376. The van der Waals surface area contributed by atoms with Gasteiger partial charge < -0.3 is 15.7 Å². The van der Waals surface area contributed by atoms with Crippen LogP contribution in [-0.2, 0) is 4.79 Å². The lowest BCUT2D eigenvalue weighted by molar-refractivity contribution is -0.143. The molecule has 0 saturated carbocycles. The normalized spacial score (nSPS) is 16.2. The minimum atomic E-state index is -1.15. The third-order valence-electron chi connectivity index (χ3n) is 1.76. The lowest BCUT2D eigenvalue weighted by atomic mass is 10.0. The largest absolute Gasteiger partial charge is 0.480 e. The van der Waals surface area contributed by atoms with E-state index in [-0.39, 0.29) is 0 Å². The van der Waals surface area contributed by atoms with Crippen LogP contribution in [0.15, 0.2) is 0 Å². The van der Waals surface area contributed by atoms with E-state index >= 15 is 0 Å². The van der Waals surface area contributed by atoms with Gasteiger partial charge in [-0.1, -0.05) is 13.8 Å². The third-order valence-corrected chi connectivity index (χ3v) is 1.76. The molecule has 0 aliphatic rings. The van der Waals surface area contributed by atoms with Gasteiger partial charge >= 0.3 is 5.97 Å². The predicted octanol–water partition coefficient (Wildman–Crippen LogP) is 0.376. The highest BCUT2D eigenvalue weighted by atomic mass is 16.4. The summed E-state index contributed by atoms with van der Waals surface area (Å²) in [6.45, 7) is 6.95. The number of carbonyl (C=O) groups is 1. The predicted molar refractivity (Wildman–Crippen MR) is 52.6 cm³/mol. The van der Waals surface area contributed by atoms with E-state index in [0.29, 0.717) is 12.5 Å². The van der Waals surface area contributed by atoms with Gasteiger partial charge in [0.1, 0.15) is 5.54 Å². The molecule has 0 spiro atoms. The van der Waals surface area contributed by atoms with Crippen molar-refractivity contribution < 1.29 is 9.90 Å². The van der Waals surface area contributed by atoms with Crippen molar-refractivity contribution in [3.8, 4) is 0 Å². The summed E-state index contributed by atoms with van der Waals surface area (Å²) in [5, 5.41) is 8.77. The van der Waals surface area contributed by atoms with Crippen molar-refractivity contribution in [3.05, 3.63) is 0 Å². The van der Waals surface area contributed by atoms with Crippen LogP contribution in [0.4, 0.5) is 0 Å². The molecule has 1 unspecified atom stereocenters. The van der Waals surface area contributed by atoms with Crippen LogP contribution < -0.4 is 5.73 Å². The molecule has 0 amide bonds. The summed E-state index contributed by atoms with van der Waals surface area (Å²) in [6.07, 6.45) is 0. The second kappa shape index (κ2) is 4.58. The van der Waals surface area contributed by atoms with Crippen LogP contribution in [0.5, 0.6) is 0 Å². The van der Waals surface area contributed by atoms with Crippen molar-refractivity contribution in [3.63, 3.8) is 0 Å². The van der Waals surface area contributed by atoms with E-state index in [0.717, 1.165) is 6.54 Å².